The molecular formula is C11H18N2. The number of hydrogen-bond donors (Lipinski definition) is 1. The van der Waals surface area contributed by atoms with Gasteiger partial charge in [0, 0.05) is 12.7 Å². The number of hydrogen-bond acceptors (Lipinski definition) is 2. The minimum atomic E-state index is 0.797. The second-order valence-electron chi connectivity index (χ2n) is 3.68. The van der Waals surface area contributed by atoms with Gasteiger partial charge in [0.05, 0.1) is 0 Å². The minimum Gasteiger partial charge on any atom is -0.370 e. The summed E-state index contributed by atoms with van der Waals surface area (Å²) in [4.78, 5) is 4.18. The van der Waals surface area contributed by atoms with E-state index in [-0.39, 0.29) is 0 Å². The Labute approximate surface area is 80.4 Å². The fraction of sp³-hybridized carbons (Fsp3) is 0.545. The summed E-state index contributed by atoms with van der Waals surface area (Å²) in [5, 5.41) is 3.29. The second kappa shape index (κ2) is 5.57. The molecule has 0 saturated heterocycles. The Hall–Kier alpha value is -1.05. The van der Waals surface area contributed by atoms with Gasteiger partial charge in [-0.15, -0.1) is 0 Å². The zero-order chi connectivity index (χ0) is 9.52. The lowest BCUT2D eigenvalue weighted by Gasteiger charge is -2.06. The highest BCUT2D eigenvalue weighted by molar-refractivity contribution is 5.32. The summed E-state index contributed by atoms with van der Waals surface area (Å²) < 4.78 is 0. The van der Waals surface area contributed by atoms with Crippen molar-refractivity contribution in [3.8, 4) is 0 Å². The average molecular weight is 178 g/mol. The molecule has 2 heteroatoms. The summed E-state index contributed by atoms with van der Waals surface area (Å²) in [6, 6.07) is 5.92. The molecule has 0 spiro atoms. The maximum atomic E-state index is 4.18. The van der Waals surface area contributed by atoms with E-state index in [1.807, 2.05) is 24.4 Å². The molecule has 0 bridgehead atoms. The highest BCUT2D eigenvalue weighted by atomic mass is 15.0. The Morgan fingerprint density at radius 2 is 2.23 bits per heavy atom. The molecule has 0 radical (unpaired) electrons. The number of rotatable bonds is 5. The largest absolute Gasteiger partial charge is 0.370 e. The Morgan fingerprint density at radius 1 is 1.38 bits per heavy atom. The maximum absolute atomic E-state index is 4.18. The van der Waals surface area contributed by atoms with Crippen LogP contribution in [0.1, 0.15) is 26.7 Å². The lowest BCUT2D eigenvalue weighted by Crippen LogP contribution is -2.03. The highest BCUT2D eigenvalue weighted by Crippen LogP contribution is 2.04. The van der Waals surface area contributed by atoms with Crippen molar-refractivity contribution in [3.05, 3.63) is 24.4 Å². The molecule has 0 fully saturated rings. The number of nitrogens with zero attached hydrogens (tertiary/aromatic N) is 1. The van der Waals surface area contributed by atoms with E-state index in [9.17, 15) is 0 Å². The third-order valence-corrected chi connectivity index (χ3v) is 1.93. The van der Waals surface area contributed by atoms with E-state index in [1.165, 1.54) is 12.8 Å². The van der Waals surface area contributed by atoms with E-state index in [2.05, 4.69) is 24.1 Å². The molecule has 0 aromatic carbocycles. The molecule has 0 aliphatic rings. The molecule has 1 rings (SSSR count). The van der Waals surface area contributed by atoms with Gasteiger partial charge in [-0.3, -0.25) is 0 Å². The monoisotopic (exact) mass is 178 g/mol. The van der Waals surface area contributed by atoms with Crippen LogP contribution in [0, 0.1) is 5.92 Å². The van der Waals surface area contributed by atoms with Crippen molar-refractivity contribution in [2.45, 2.75) is 26.7 Å². The first-order chi connectivity index (χ1) is 6.29. The summed E-state index contributed by atoms with van der Waals surface area (Å²) in [6.07, 6.45) is 4.30. The molecule has 0 atom stereocenters. The zero-order valence-electron chi connectivity index (χ0n) is 8.46. The number of nitrogens with one attached hydrogen (secondary N) is 1. The van der Waals surface area contributed by atoms with E-state index in [0.29, 0.717) is 0 Å². The Balaban J connectivity index is 2.13. The lowest BCUT2D eigenvalue weighted by atomic mass is 10.1. The molecule has 0 aliphatic carbocycles. The standard InChI is InChI=1S/C11H18N2/c1-10(2)6-5-9-13-11-7-3-4-8-12-11/h3-4,7-8,10H,5-6,9H2,1-2H3,(H,12,13). The van der Waals surface area contributed by atoms with Gasteiger partial charge in [0.25, 0.3) is 0 Å². The quantitative estimate of drug-likeness (QED) is 0.701. The molecule has 13 heavy (non-hydrogen) atoms. The number of pyridine rings is 1. The predicted octanol–water partition coefficient (Wildman–Crippen LogP) is 2.93. The molecule has 0 saturated carbocycles. The molecule has 1 aromatic rings. The van der Waals surface area contributed by atoms with Crippen LogP contribution in [0.25, 0.3) is 0 Å². The zero-order valence-corrected chi connectivity index (χ0v) is 8.46. The molecular weight excluding hydrogens is 160 g/mol. The molecule has 1 N–H and O–H groups in total. The van der Waals surface area contributed by atoms with Crippen LogP contribution in [0.15, 0.2) is 24.4 Å². The van der Waals surface area contributed by atoms with Crippen molar-refractivity contribution >= 4 is 5.82 Å². The first-order valence-electron chi connectivity index (χ1n) is 4.94. The van der Waals surface area contributed by atoms with Gasteiger partial charge in [-0.05, 0) is 30.9 Å². The van der Waals surface area contributed by atoms with Crippen LogP contribution in [0.5, 0.6) is 0 Å². The third kappa shape index (κ3) is 4.51. The van der Waals surface area contributed by atoms with Crippen LogP contribution < -0.4 is 5.32 Å². The van der Waals surface area contributed by atoms with Crippen molar-refractivity contribution in [2.24, 2.45) is 5.92 Å². The van der Waals surface area contributed by atoms with E-state index < -0.39 is 0 Å². The van der Waals surface area contributed by atoms with Gasteiger partial charge in [0.15, 0.2) is 0 Å². The molecule has 72 valence electrons. The van der Waals surface area contributed by atoms with Crippen LogP contribution in [0.4, 0.5) is 5.82 Å². The SMILES string of the molecule is CC(C)CCCNc1ccccn1. The van der Waals surface area contributed by atoms with E-state index in [0.717, 1.165) is 18.3 Å². The average Bonchev–Trinajstić information content (AvgIpc) is 2.14. The summed E-state index contributed by atoms with van der Waals surface area (Å²) in [5.74, 6) is 1.77. The molecule has 0 unspecified atom stereocenters. The van der Waals surface area contributed by atoms with Crippen LogP contribution in [0.2, 0.25) is 0 Å². The normalized spacial score (nSPS) is 10.4. The maximum Gasteiger partial charge on any atom is 0.125 e. The smallest absolute Gasteiger partial charge is 0.125 e. The topological polar surface area (TPSA) is 24.9 Å². The highest BCUT2D eigenvalue weighted by Gasteiger charge is 1.94. The minimum absolute atomic E-state index is 0.797. The van der Waals surface area contributed by atoms with Gasteiger partial charge in [-0.25, -0.2) is 4.98 Å². The number of aromatic nitrogens is 1. The fourth-order valence-corrected chi connectivity index (χ4v) is 1.19. The Morgan fingerprint density at radius 3 is 2.85 bits per heavy atom. The van der Waals surface area contributed by atoms with Gasteiger partial charge < -0.3 is 5.32 Å². The third-order valence-electron chi connectivity index (χ3n) is 1.93. The number of anilines is 1. The van der Waals surface area contributed by atoms with Gasteiger partial charge in [-0.1, -0.05) is 19.9 Å². The molecule has 1 heterocycles. The van der Waals surface area contributed by atoms with Crippen molar-refractivity contribution in [2.75, 3.05) is 11.9 Å². The second-order valence-corrected chi connectivity index (χ2v) is 3.68. The molecule has 2 nitrogen and oxygen atoms in total. The van der Waals surface area contributed by atoms with E-state index in [4.69, 9.17) is 0 Å². The van der Waals surface area contributed by atoms with Gasteiger partial charge in [0.1, 0.15) is 5.82 Å². The van der Waals surface area contributed by atoms with Crippen LogP contribution >= 0.6 is 0 Å². The predicted molar refractivity (Wildman–Crippen MR) is 56.8 cm³/mol. The Kier molecular flexibility index (Phi) is 4.30. The van der Waals surface area contributed by atoms with Crippen molar-refractivity contribution in [1.82, 2.24) is 4.98 Å². The van der Waals surface area contributed by atoms with Gasteiger partial charge in [-0.2, -0.15) is 0 Å². The van der Waals surface area contributed by atoms with Crippen molar-refractivity contribution in [1.29, 1.82) is 0 Å². The molecule has 0 aliphatic heterocycles. The summed E-state index contributed by atoms with van der Waals surface area (Å²) in [7, 11) is 0. The van der Waals surface area contributed by atoms with E-state index in [1.54, 1.807) is 0 Å². The first kappa shape index (κ1) is 10.0. The summed E-state index contributed by atoms with van der Waals surface area (Å²) in [5.41, 5.74) is 0. The van der Waals surface area contributed by atoms with Gasteiger partial charge in [0.2, 0.25) is 0 Å². The molecule has 0 amide bonds. The van der Waals surface area contributed by atoms with Gasteiger partial charge >= 0.3 is 0 Å². The summed E-state index contributed by atoms with van der Waals surface area (Å²) >= 11 is 0. The van der Waals surface area contributed by atoms with E-state index >= 15 is 0 Å². The van der Waals surface area contributed by atoms with Crippen molar-refractivity contribution < 1.29 is 0 Å². The van der Waals surface area contributed by atoms with Crippen LogP contribution in [-0.2, 0) is 0 Å². The lowest BCUT2D eigenvalue weighted by molar-refractivity contribution is 0.566. The Bertz CT molecular complexity index is 219. The fourth-order valence-electron chi connectivity index (χ4n) is 1.19. The van der Waals surface area contributed by atoms with Crippen LogP contribution in [-0.4, -0.2) is 11.5 Å². The first-order valence-corrected chi connectivity index (χ1v) is 4.94. The molecule has 1 aromatic heterocycles. The van der Waals surface area contributed by atoms with Crippen LogP contribution in [0.3, 0.4) is 0 Å². The van der Waals surface area contributed by atoms with Crippen molar-refractivity contribution in [3.63, 3.8) is 0 Å². The summed E-state index contributed by atoms with van der Waals surface area (Å²) in [6.45, 7) is 5.52.